The van der Waals surface area contributed by atoms with E-state index >= 15 is 0 Å². The molecule has 1 aromatic rings. The maximum atomic E-state index is 11.8. The second-order valence-electron chi connectivity index (χ2n) is 3.97. The maximum Gasteiger partial charge on any atom is 0.289 e. The predicted octanol–water partition coefficient (Wildman–Crippen LogP) is 0.539. The van der Waals surface area contributed by atoms with Gasteiger partial charge in [-0.3, -0.25) is 4.79 Å². The van der Waals surface area contributed by atoms with Gasteiger partial charge < -0.3 is 9.32 Å². The summed E-state index contributed by atoms with van der Waals surface area (Å²) in [7, 11) is -3.06. The van der Waals surface area contributed by atoms with Crippen molar-refractivity contribution in [2.45, 2.75) is 11.7 Å². The summed E-state index contributed by atoms with van der Waals surface area (Å²) < 4.78 is 27.6. The molecule has 0 saturated carbocycles. The van der Waals surface area contributed by atoms with Crippen molar-refractivity contribution < 1.29 is 17.6 Å². The third-order valence-electron chi connectivity index (χ3n) is 2.77. The summed E-state index contributed by atoms with van der Waals surface area (Å²) in [5.74, 6) is 0.0188. The third kappa shape index (κ3) is 2.11. The fourth-order valence-electron chi connectivity index (χ4n) is 1.82. The van der Waals surface area contributed by atoms with E-state index in [4.69, 9.17) is 4.42 Å². The molecule has 0 radical (unpaired) electrons. The first kappa shape index (κ1) is 11.2. The average molecular weight is 243 g/mol. The minimum atomic E-state index is -3.06. The van der Waals surface area contributed by atoms with Crippen molar-refractivity contribution in [3.8, 4) is 0 Å². The van der Waals surface area contributed by atoms with Crippen LogP contribution in [0.2, 0.25) is 0 Å². The second-order valence-corrected chi connectivity index (χ2v) is 6.29. The maximum absolute atomic E-state index is 11.8. The Hall–Kier alpha value is -1.30. The molecule has 1 aromatic heterocycles. The predicted molar refractivity (Wildman–Crippen MR) is 57.9 cm³/mol. The highest BCUT2D eigenvalue weighted by Crippen LogP contribution is 2.18. The smallest absolute Gasteiger partial charge is 0.289 e. The van der Waals surface area contributed by atoms with E-state index in [9.17, 15) is 13.2 Å². The van der Waals surface area contributed by atoms with Gasteiger partial charge in [0.15, 0.2) is 15.6 Å². The van der Waals surface area contributed by atoms with Crippen LogP contribution in [-0.2, 0) is 9.84 Å². The molecule has 0 unspecified atom stereocenters. The Morgan fingerprint density at radius 3 is 2.81 bits per heavy atom. The van der Waals surface area contributed by atoms with E-state index in [-0.39, 0.29) is 18.2 Å². The highest BCUT2D eigenvalue weighted by Gasteiger charge is 2.33. The van der Waals surface area contributed by atoms with Gasteiger partial charge in [0.05, 0.1) is 11.5 Å². The SMILES string of the molecule is CS(=O)(=O)[C@H]1CCN(C(=O)c2ccco2)C1. The van der Waals surface area contributed by atoms with E-state index in [1.807, 2.05) is 0 Å². The van der Waals surface area contributed by atoms with Crippen LogP contribution in [-0.4, -0.2) is 43.8 Å². The van der Waals surface area contributed by atoms with Crippen LogP contribution in [0.15, 0.2) is 22.8 Å². The Kier molecular flexibility index (Phi) is 2.75. The lowest BCUT2D eigenvalue weighted by Crippen LogP contribution is -2.31. The van der Waals surface area contributed by atoms with Gasteiger partial charge in [-0.15, -0.1) is 0 Å². The van der Waals surface area contributed by atoms with E-state index in [1.54, 1.807) is 12.1 Å². The third-order valence-corrected chi connectivity index (χ3v) is 4.37. The van der Waals surface area contributed by atoms with Crippen molar-refractivity contribution in [2.24, 2.45) is 0 Å². The Morgan fingerprint density at radius 2 is 2.31 bits per heavy atom. The number of hydrogen-bond acceptors (Lipinski definition) is 4. The van der Waals surface area contributed by atoms with E-state index in [0.717, 1.165) is 0 Å². The summed E-state index contributed by atoms with van der Waals surface area (Å²) in [6.45, 7) is 0.732. The van der Waals surface area contributed by atoms with E-state index < -0.39 is 15.1 Å². The summed E-state index contributed by atoms with van der Waals surface area (Å²) in [5, 5.41) is -0.439. The zero-order valence-electron chi connectivity index (χ0n) is 8.92. The molecule has 1 atom stereocenters. The van der Waals surface area contributed by atoms with Crippen molar-refractivity contribution in [2.75, 3.05) is 19.3 Å². The molecule has 0 spiro atoms. The largest absolute Gasteiger partial charge is 0.459 e. The van der Waals surface area contributed by atoms with Crippen molar-refractivity contribution >= 4 is 15.7 Å². The van der Waals surface area contributed by atoms with Crippen LogP contribution in [0, 0.1) is 0 Å². The van der Waals surface area contributed by atoms with E-state index in [2.05, 4.69) is 0 Å². The molecular formula is C10H13NO4S. The normalized spacial score (nSPS) is 21.3. The van der Waals surface area contributed by atoms with Crippen LogP contribution in [0.3, 0.4) is 0 Å². The molecular weight excluding hydrogens is 230 g/mol. The van der Waals surface area contributed by atoms with Crippen LogP contribution >= 0.6 is 0 Å². The fourth-order valence-corrected chi connectivity index (χ4v) is 2.80. The molecule has 1 fully saturated rings. The van der Waals surface area contributed by atoms with Crippen molar-refractivity contribution in [1.29, 1.82) is 0 Å². The first-order chi connectivity index (χ1) is 7.48. The lowest BCUT2D eigenvalue weighted by atomic mass is 10.4. The van der Waals surface area contributed by atoms with Crippen LogP contribution in [0.1, 0.15) is 17.0 Å². The average Bonchev–Trinajstić information content (AvgIpc) is 2.87. The van der Waals surface area contributed by atoms with Crippen LogP contribution in [0.4, 0.5) is 0 Å². The molecule has 0 aromatic carbocycles. The highest BCUT2D eigenvalue weighted by atomic mass is 32.2. The van der Waals surface area contributed by atoms with Gasteiger partial charge in [-0.25, -0.2) is 8.42 Å². The Morgan fingerprint density at radius 1 is 1.56 bits per heavy atom. The number of amides is 1. The molecule has 1 aliphatic rings. The second kappa shape index (κ2) is 3.93. The monoisotopic (exact) mass is 243 g/mol. The Bertz CT molecular complexity index is 477. The number of likely N-dealkylation sites (tertiary alicyclic amines) is 1. The van der Waals surface area contributed by atoms with Crippen molar-refractivity contribution in [3.63, 3.8) is 0 Å². The number of hydrogen-bond donors (Lipinski definition) is 0. The molecule has 16 heavy (non-hydrogen) atoms. The minimum absolute atomic E-state index is 0.240. The molecule has 6 heteroatoms. The van der Waals surface area contributed by atoms with E-state index in [0.29, 0.717) is 13.0 Å². The summed E-state index contributed by atoms with van der Waals surface area (Å²) in [5.41, 5.74) is 0. The molecule has 0 N–H and O–H groups in total. The zero-order valence-corrected chi connectivity index (χ0v) is 9.74. The molecule has 5 nitrogen and oxygen atoms in total. The molecule has 1 saturated heterocycles. The molecule has 88 valence electrons. The molecule has 2 heterocycles. The first-order valence-electron chi connectivity index (χ1n) is 5.00. The molecule has 2 rings (SSSR count). The Balaban J connectivity index is 2.08. The number of carbonyl (C=O) groups excluding carboxylic acids is 1. The lowest BCUT2D eigenvalue weighted by molar-refractivity contribution is 0.0761. The van der Waals surface area contributed by atoms with Gasteiger partial charge in [-0.2, -0.15) is 0 Å². The van der Waals surface area contributed by atoms with Crippen molar-refractivity contribution in [1.82, 2.24) is 4.90 Å². The summed E-state index contributed by atoms with van der Waals surface area (Å²) in [4.78, 5) is 13.3. The summed E-state index contributed by atoms with van der Waals surface area (Å²) in [6, 6.07) is 3.22. The summed E-state index contributed by atoms with van der Waals surface area (Å²) in [6.07, 6.45) is 3.14. The Labute approximate surface area is 94.0 Å². The zero-order chi connectivity index (χ0) is 11.8. The van der Waals surface area contributed by atoms with Gasteiger partial charge >= 0.3 is 0 Å². The van der Waals surface area contributed by atoms with Gasteiger partial charge in [-0.1, -0.05) is 0 Å². The molecule has 0 bridgehead atoms. The van der Waals surface area contributed by atoms with Gasteiger partial charge in [0.1, 0.15) is 0 Å². The number of carbonyl (C=O) groups is 1. The summed E-state index contributed by atoms with van der Waals surface area (Å²) >= 11 is 0. The number of nitrogens with zero attached hydrogens (tertiary/aromatic N) is 1. The first-order valence-corrected chi connectivity index (χ1v) is 6.95. The highest BCUT2D eigenvalue weighted by molar-refractivity contribution is 7.91. The van der Waals surface area contributed by atoms with Crippen LogP contribution in [0.25, 0.3) is 0 Å². The quantitative estimate of drug-likeness (QED) is 0.760. The minimum Gasteiger partial charge on any atom is -0.459 e. The van der Waals surface area contributed by atoms with E-state index in [1.165, 1.54) is 17.4 Å². The lowest BCUT2D eigenvalue weighted by Gasteiger charge is -2.14. The van der Waals surface area contributed by atoms with Crippen LogP contribution in [0.5, 0.6) is 0 Å². The van der Waals surface area contributed by atoms with Gasteiger partial charge in [0, 0.05) is 19.3 Å². The number of furan rings is 1. The molecule has 1 aliphatic heterocycles. The number of rotatable bonds is 2. The standard InChI is InChI=1S/C10H13NO4S/c1-16(13,14)8-4-5-11(7-8)10(12)9-3-2-6-15-9/h2-3,6,8H,4-5,7H2,1H3/t8-/m0/s1. The van der Waals surface area contributed by atoms with Crippen molar-refractivity contribution in [3.05, 3.63) is 24.2 Å². The van der Waals surface area contributed by atoms with Gasteiger partial charge in [0.25, 0.3) is 5.91 Å². The fraction of sp³-hybridized carbons (Fsp3) is 0.500. The van der Waals surface area contributed by atoms with Gasteiger partial charge in [0.2, 0.25) is 0 Å². The molecule has 1 amide bonds. The van der Waals surface area contributed by atoms with Gasteiger partial charge in [-0.05, 0) is 18.6 Å². The molecule has 0 aliphatic carbocycles. The van der Waals surface area contributed by atoms with Crippen LogP contribution < -0.4 is 0 Å². The topological polar surface area (TPSA) is 67.6 Å². The number of sulfone groups is 1.